The van der Waals surface area contributed by atoms with E-state index < -0.39 is 0 Å². The summed E-state index contributed by atoms with van der Waals surface area (Å²) >= 11 is 6.14. The molecule has 7 nitrogen and oxygen atoms in total. The van der Waals surface area contributed by atoms with Gasteiger partial charge in [-0.05, 0) is 50.6 Å². The number of benzene rings is 2. The summed E-state index contributed by atoms with van der Waals surface area (Å²) in [6, 6.07) is 17.2. The molecule has 2 aromatic carbocycles. The summed E-state index contributed by atoms with van der Waals surface area (Å²) in [4.78, 5) is 18.4. The van der Waals surface area contributed by atoms with Crippen molar-refractivity contribution >= 4 is 34.1 Å². The van der Waals surface area contributed by atoms with Gasteiger partial charge in [-0.3, -0.25) is 14.2 Å². The first-order chi connectivity index (χ1) is 16.8. The van der Waals surface area contributed by atoms with Crippen LogP contribution >= 0.6 is 11.6 Å². The summed E-state index contributed by atoms with van der Waals surface area (Å²) in [5, 5.41) is 13.7. The zero-order valence-electron chi connectivity index (χ0n) is 20.0. The molecular weight excluding hydrogens is 460 g/mol. The SMILES string of the molecule is Cc1nn(C)cc1-c1cc(C(=O)Nc2c(C)nn(Cc3cccc(Cl)c3)c2C)c2ccccc2n1. The van der Waals surface area contributed by atoms with E-state index in [1.165, 1.54) is 0 Å². The van der Waals surface area contributed by atoms with E-state index in [1.54, 1.807) is 4.68 Å². The molecule has 0 fully saturated rings. The van der Waals surface area contributed by atoms with E-state index in [-0.39, 0.29) is 5.91 Å². The number of nitrogens with one attached hydrogen (secondary N) is 1. The number of nitrogens with zero attached hydrogens (tertiary/aromatic N) is 5. The number of aromatic nitrogens is 5. The van der Waals surface area contributed by atoms with Crippen molar-refractivity contribution in [2.24, 2.45) is 7.05 Å². The van der Waals surface area contributed by atoms with Crippen LogP contribution in [0.2, 0.25) is 5.02 Å². The summed E-state index contributed by atoms with van der Waals surface area (Å²) in [5.74, 6) is -0.208. The number of fused-ring (bicyclic) bond motifs is 1. The first kappa shape index (κ1) is 22.8. The van der Waals surface area contributed by atoms with E-state index in [1.807, 2.05) is 93.3 Å². The van der Waals surface area contributed by atoms with Crippen LogP contribution in [0.3, 0.4) is 0 Å². The Bertz CT molecular complexity index is 1580. The van der Waals surface area contributed by atoms with Crippen LogP contribution in [0.1, 0.15) is 33.0 Å². The molecule has 176 valence electrons. The minimum absolute atomic E-state index is 0.208. The molecule has 1 amide bonds. The molecule has 0 radical (unpaired) electrons. The van der Waals surface area contributed by atoms with Gasteiger partial charge < -0.3 is 5.32 Å². The molecule has 1 N–H and O–H groups in total. The van der Waals surface area contributed by atoms with Crippen molar-refractivity contribution in [1.82, 2.24) is 24.5 Å². The number of anilines is 1. The summed E-state index contributed by atoms with van der Waals surface area (Å²) < 4.78 is 3.63. The second-order valence-corrected chi connectivity index (χ2v) is 9.10. The molecule has 0 aliphatic heterocycles. The van der Waals surface area contributed by atoms with E-state index >= 15 is 0 Å². The van der Waals surface area contributed by atoms with Gasteiger partial charge in [0, 0.05) is 29.2 Å². The highest BCUT2D eigenvalue weighted by Crippen LogP contribution is 2.28. The van der Waals surface area contributed by atoms with Crippen LogP contribution in [-0.2, 0) is 13.6 Å². The predicted molar refractivity (Wildman–Crippen MR) is 139 cm³/mol. The normalized spacial score (nSPS) is 11.2. The van der Waals surface area contributed by atoms with Crippen molar-refractivity contribution in [3.05, 3.63) is 94.0 Å². The summed E-state index contributed by atoms with van der Waals surface area (Å²) in [7, 11) is 1.87. The second-order valence-electron chi connectivity index (χ2n) is 8.66. The van der Waals surface area contributed by atoms with Crippen LogP contribution in [0, 0.1) is 20.8 Å². The fourth-order valence-electron chi connectivity index (χ4n) is 4.37. The Morgan fingerprint density at radius 2 is 1.80 bits per heavy atom. The third kappa shape index (κ3) is 4.42. The number of amides is 1. The Morgan fingerprint density at radius 1 is 1.00 bits per heavy atom. The van der Waals surface area contributed by atoms with Crippen LogP contribution in [0.5, 0.6) is 0 Å². The van der Waals surface area contributed by atoms with Crippen molar-refractivity contribution in [2.45, 2.75) is 27.3 Å². The van der Waals surface area contributed by atoms with Gasteiger partial charge in [-0.2, -0.15) is 10.2 Å². The lowest BCUT2D eigenvalue weighted by Gasteiger charge is -2.11. The van der Waals surface area contributed by atoms with Gasteiger partial charge in [-0.15, -0.1) is 0 Å². The van der Waals surface area contributed by atoms with Crippen LogP contribution in [-0.4, -0.2) is 30.5 Å². The Kier molecular flexibility index (Phi) is 5.86. The van der Waals surface area contributed by atoms with Crippen LogP contribution in [0.4, 0.5) is 5.69 Å². The fourth-order valence-corrected chi connectivity index (χ4v) is 4.59. The van der Waals surface area contributed by atoms with Crippen LogP contribution in [0.15, 0.2) is 60.8 Å². The van der Waals surface area contributed by atoms with E-state index in [2.05, 4.69) is 15.5 Å². The van der Waals surface area contributed by atoms with Crippen LogP contribution in [0.25, 0.3) is 22.2 Å². The van der Waals surface area contributed by atoms with E-state index in [4.69, 9.17) is 16.6 Å². The molecule has 3 aromatic heterocycles. The van der Waals surface area contributed by atoms with Crippen molar-refractivity contribution in [2.75, 3.05) is 5.32 Å². The maximum absolute atomic E-state index is 13.6. The van der Waals surface area contributed by atoms with Gasteiger partial charge in [0.1, 0.15) is 0 Å². The number of rotatable bonds is 5. The number of aryl methyl sites for hydroxylation is 3. The number of carbonyl (C=O) groups excluding carboxylic acids is 1. The van der Waals surface area contributed by atoms with Gasteiger partial charge in [0.15, 0.2) is 0 Å². The third-order valence-electron chi connectivity index (χ3n) is 6.09. The summed E-state index contributed by atoms with van der Waals surface area (Å²) in [6.45, 7) is 6.35. The molecule has 5 rings (SSSR count). The highest BCUT2D eigenvalue weighted by Gasteiger charge is 2.19. The lowest BCUT2D eigenvalue weighted by Crippen LogP contribution is -2.14. The molecule has 8 heteroatoms. The molecule has 35 heavy (non-hydrogen) atoms. The molecule has 0 bridgehead atoms. The fraction of sp³-hybridized carbons (Fsp3) is 0.185. The smallest absolute Gasteiger partial charge is 0.256 e. The minimum Gasteiger partial charge on any atom is -0.319 e. The Morgan fingerprint density at radius 3 is 2.54 bits per heavy atom. The number of halogens is 1. The molecule has 0 aliphatic carbocycles. The van der Waals surface area contributed by atoms with Gasteiger partial charge in [-0.25, -0.2) is 4.98 Å². The highest BCUT2D eigenvalue weighted by atomic mass is 35.5. The largest absolute Gasteiger partial charge is 0.319 e. The molecule has 5 aromatic rings. The lowest BCUT2D eigenvalue weighted by molar-refractivity contribution is 0.102. The Labute approximate surface area is 208 Å². The van der Waals surface area contributed by atoms with Gasteiger partial charge >= 0.3 is 0 Å². The Hall–Kier alpha value is -3.97. The molecule has 0 saturated heterocycles. The summed E-state index contributed by atoms with van der Waals surface area (Å²) in [6.07, 6.45) is 1.92. The van der Waals surface area contributed by atoms with Gasteiger partial charge in [-0.1, -0.05) is 41.9 Å². The molecule has 0 spiro atoms. The third-order valence-corrected chi connectivity index (χ3v) is 6.33. The predicted octanol–water partition coefficient (Wildman–Crippen LogP) is 5.71. The minimum atomic E-state index is -0.208. The quantitative estimate of drug-likeness (QED) is 0.346. The van der Waals surface area contributed by atoms with Gasteiger partial charge in [0.05, 0.1) is 46.1 Å². The summed E-state index contributed by atoms with van der Waals surface area (Å²) in [5.41, 5.74) is 7.14. The lowest BCUT2D eigenvalue weighted by atomic mass is 10.0. The standard InChI is InChI=1S/C27H25ClN6O/c1-16-23(15-33(4)31-16)25-13-22(21-10-5-6-11-24(21)29-25)27(35)30-26-17(2)32-34(18(26)3)14-19-8-7-9-20(28)12-19/h5-13,15H,14H2,1-4H3,(H,30,35). The molecule has 3 heterocycles. The zero-order valence-corrected chi connectivity index (χ0v) is 20.8. The van der Waals surface area contributed by atoms with Crippen molar-refractivity contribution in [3.63, 3.8) is 0 Å². The maximum Gasteiger partial charge on any atom is 0.256 e. The molecule has 0 unspecified atom stereocenters. The van der Waals surface area contributed by atoms with Gasteiger partial charge in [0.25, 0.3) is 5.91 Å². The molecule has 0 atom stereocenters. The van der Waals surface area contributed by atoms with Crippen molar-refractivity contribution < 1.29 is 4.79 Å². The first-order valence-electron chi connectivity index (χ1n) is 11.3. The number of carbonyl (C=O) groups is 1. The van der Waals surface area contributed by atoms with E-state index in [0.717, 1.165) is 39.1 Å². The van der Waals surface area contributed by atoms with E-state index in [0.29, 0.717) is 28.5 Å². The number of para-hydroxylation sites is 1. The second kappa shape index (κ2) is 9.00. The molecule has 0 aliphatic rings. The molecule has 0 saturated carbocycles. The number of hydrogen-bond donors (Lipinski definition) is 1. The van der Waals surface area contributed by atoms with Gasteiger partial charge in [0.2, 0.25) is 0 Å². The Balaban J connectivity index is 1.52. The van der Waals surface area contributed by atoms with Crippen LogP contribution < -0.4 is 5.32 Å². The maximum atomic E-state index is 13.6. The van der Waals surface area contributed by atoms with Crippen molar-refractivity contribution in [3.8, 4) is 11.3 Å². The monoisotopic (exact) mass is 484 g/mol. The molecular formula is C27H25ClN6O. The highest BCUT2D eigenvalue weighted by molar-refractivity contribution is 6.30. The number of hydrogen-bond acceptors (Lipinski definition) is 4. The average molecular weight is 485 g/mol. The average Bonchev–Trinajstić information content (AvgIpc) is 3.30. The number of pyridine rings is 1. The van der Waals surface area contributed by atoms with E-state index in [9.17, 15) is 4.79 Å². The first-order valence-corrected chi connectivity index (χ1v) is 11.7. The zero-order chi connectivity index (χ0) is 24.7. The van der Waals surface area contributed by atoms with Crippen molar-refractivity contribution in [1.29, 1.82) is 0 Å². The topological polar surface area (TPSA) is 77.6 Å².